The molecule has 0 saturated carbocycles. The minimum atomic E-state index is -0.411. The van der Waals surface area contributed by atoms with Crippen molar-refractivity contribution in [2.45, 2.75) is 106 Å². The maximum absolute atomic E-state index is 11.8. The molecule has 0 spiro atoms. The van der Waals surface area contributed by atoms with Gasteiger partial charge in [0.15, 0.2) is 0 Å². The Bertz CT molecular complexity index is 604. The van der Waals surface area contributed by atoms with Gasteiger partial charge in [-0.25, -0.2) is 9.59 Å². The third-order valence-corrected chi connectivity index (χ3v) is 4.57. The predicted molar refractivity (Wildman–Crippen MR) is 130 cm³/mol. The summed E-state index contributed by atoms with van der Waals surface area (Å²) in [6, 6.07) is 0.209. The van der Waals surface area contributed by atoms with Crippen molar-refractivity contribution < 1.29 is 19.1 Å². The molecule has 2 fully saturated rings. The van der Waals surface area contributed by atoms with Crippen molar-refractivity contribution >= 4 is 12.2 Å². The Morgan fingerprint density at radius 2 is 1.23 bits per heavy atom. The lowest BCUT2D eigenvalue weighted by atomic mass is 10.00. The van der Waals surface area contributed by atoms with E-state index in [0.29, 0.717) is 0 Å². The van der Waals surface area contributed by atoms with E-state index in [2.05, 4.69) is 13.2 Å². The molecule has 0 aromatic carbocycles. The number of amides is 2. The predicted octanol–water partition coefficient (Wildman–Crippen LogP) is 6.81. The highest BCUT2D eigenvalue weighted by Gasteiger charge is 2.28. The molecule has 1 atom stereocenters. The first-order valence-corrected chi connectivity index (χ1v) is 10.5. The van der Waals surface area contributed by atoms with Crippen LogP contribution in [0.1, 0.15) is 89.0 Å². The molecular formula is C25H48N2O4. The first-order chi connectivity index (χ1) is 13.2. The van der Waals surface area contributed by atoms with Gasteiger partial charge in [0, 0.05) is 25.7 Å². The fourth-order valence-corrected chi connectivity index (χ4v) is 3.05. The van der Waals surface area contributed by atoms with Gasteiger partial charge < -0.3 is 19.3 Å². The van der Waals surface area contributed by atoms with Crippen molar-refractivity contribution in [3.8, 4) is 0 Å². The van der Waals surface area contributed by atoms with E-state index in [1.54, 1.807) is 9.80 Å². The molecule has 0 N–H and O–H groups in total. The lowest BCUT2D eigenvalue weighted by molar-refractivity contribution is 0.0151. The molecule has 6 nitrogen and oxygen atoms in total. The summed E-state index contributed by atoms with van der Waals surface area (Å²) in [6.07, 6.45) is 3.17. The van der Waals surface area contributed by atoms with Gasteiger partial charge in [0.05, 0.1) is 0 Å². The van der Waals surface area contributed by atoms with Gasteiger partial charge in [-0.2, -0.15) is 0 Å². The number of rotatable bonds is 0. The van der Waals surface area contributed by atoms with E-state index < -0.39 is 11.2 Å². The monoisotopic (exact) mass is 440 g/mol. The number of nitrogens with zero attached hydrogens (tertiary/aromatic N) is 2. The normalized spacial score (nSPS) is 19.3. The van der Waals surface area contributed by atoms with Gasteiger partial charge in [0.2, 0.25) is 0 Å². The lowest BCUT2D eigenvalue weighted by Crippen LogP contribution is -2.45. The Morgan fingerprint density at radius 1 is 0.806 bits per heavy atom. The summed E-state index contributed by atoms with van der Waals surface area (Å²) >= 11 is 0. The topological polar surface area (TPSA) is 59.1 Å². The fourth-order valence-electron chi connectivity index (χ4n) is 3.05. The second kappa shape index (κ2) is 12.8. The summed E-state index contributed by atoms with van der Waals surface area (Å²) < 4.78 is 10.6. The minimum Gasteiger partial charge on any atom is -0.444 e. The molecule has 0 bridgehead atoms. The second-order valence-corrected chi connectivity index (χ2v) is 9.94. The molecule has 1 unspecified atom stereocenters. The number of carbonyl (C=O) groups excluding carboxylic acids is 2. The average molecular weight is 441 g/mol. The van der Waals surface area contributed by atoms with Gasteiger partial charge >= 0.3 is 12.2 Å². The highest BCUT2D eigenvalue weighted by Crippen LogP contribution is 2.22. The number of ether oxygens (including phenoxy) is 2. The van der Waals surface area contributed by atoms with Crippen molar-refractivity contribution in [3.05, 3.63) is 24.3 Å². The molecule has 0 aromatic heterocycles. The fraction of sp³-hybridized carbons (Fsp3) is 0.760. The van der Waals surface area contributed by atoms with E-state index in [0.717, 1.165) is 45.3 Å². The molecule has 6 heteroatoms. The summed E-state index contributed by atoms with van der Waals surface area (Å²) in [6.45, 7) is 23.4. The summed E-state index contributed by atoms with van der Waals surface area (Å²) in [5.41, 5.74) is 1.64. The zero-order chi connectivity index (χ0) is 22.4. The van der Waals surface area contributed by atoms with Crippen LogP contribution in [-0.4, -0.2) is 58.9 Å². The van der Waals surface area contributed by atoms with Crippen LogP contribution < -0.4 is 0 Å². The van der Waals surface area contributed by atoms with E-state index in [9.17, 15) is 9.59 Å². The van der Waals surface area contributed by atoms with Gasteiger partial charge in [0.1, 0.15) is 11.2 Å². The smallest absolute Gasteiger partial charge is 0.410 e. The van der Waals surface area contributed by atoms with E-state index in [1.165, 1.54) is 11.1 Å². The highest BCUT2D eigenvalue weighted by molar-refractivity contribution is 5.69. The molecule has 2 aliphatic heterocycles. The molecule has 2 heterocycles. The Balaban J connectivity index is 0. The van der Waals surface area contributed by atoms with E-state index in [-0.39, 0.29) is 33.1 Å². The quantitative estimate of drug-likeness (QED) is 0.388. The number of piperidine rings is 2. The van der Waals surface area contributed by atoms with Crippen LogP contribution in [0.4, 0.5) is 9.59 Å². The van der Waals surface area contributed by atoms with Crippen molar-refractivity contribution in [2.24, 2.45) is 0 Å². The first-order valence-electron chi connectivity index (χ1n) is 10.5. The van der Waals surface area contributed by atoms with Gasteiger partial charge in [-0.1, -0.05) is 39.2 Å². The third kappa shape index (κ3) is 12.5. The zero-order valence-corrected chi connectivity index (χ0v) is 19.5. The van der Waals surface area contributed by atoms with Gasteiger partial charge in [0.25, 0.3) is 0 Å². The summed E-state index contributed by atoms with van der Waals surface area (Å²) in [5.74, 6) is 0. The minimum absolute atomic E-state index is 0. The van der Waals surface area contributed by atoms with Crippen molar-refractivity contribution in [3.63, 3.8) is 0 Å². The van der Waals surface area contributed by atoms with Crippen molar-refractivity contribution in [1.29, 1.82) is 0 Å². The number of likely N-dealkylation sites (tertiary alicyclic amines) is 2. The Kier molecular flexibility index (Phi) is 12.9. The average Bonchev–Trinajstić information content (AvgIpc) is 2.52. The number of hydrogen-bond donors (Lipinski definition) is 0. The van der Waals surface area contributed by atoms with Crippen LogP contribution in [-0.2, 0) is 9.47 Å². The van der Waals surface area contributed by atoms with Crippen LogP contribution >= 0.6 is 0 Å². The van der Waals surface area contributed by atoms with Crippen LogP contribution in [0.2, 0.25) is 0 Å². The molecule has 182 valence electrons. The zero-order valence-electron chi connectivity index (χ0n) is 19.5. The Labute approximate surface area is 191 Å². The van der Waals surface area contributed by atoms with Gasteiger partial charge in [-0.05, 0) is 74.1 Å². The highest BCUT2D eigenvalue weighted by atomic mass is 16.6. The Morgan fingerprint density at radius 3 is 1.65 bits per heavy atom. The Hall–Kier alpha value is -1.98. The lowest BCUT2D eigenvalue weighted by Gasteiger charge is -2.35. The van der Waals surface area contributed by atoms with Crippen LogP contribution in [0, 0.1) is 0 Å². The first kappa shape index (κ1) is 31.2. The largest absolute Gasteiger partial charge is 0.444 e. The molecule has 2 amide bonds. The van der Waals surface area contributed by atoms with E-state index in [1.807, 2.05) is 48.5 Å². The van der Waals surface area contributed by atoms with Crippen molar-refractivity contribution in [2.75, 3.05) is 19.6 Å². The van der Waals surface area contributed by atoms with Crippen LogP contribution in [0.15, 0.2) is 24.3 Å². The standard InChI is InChI=1S/C12H21NO2.C11H19NO2.2CH4/c1-9-6-7-13(10(2)8-9)11(14)15-12(3,4)5;1-9-5-7-12(8-6-9)10(13)14-11(2,3)4;;/h10H,1,6-8H2,2-5H3;1,5-8H2,2-4H3;2*1H4. The second-order valence-electron chi connectivity index (χ2n) is 9.94. The number of carbonyl (C=O) groups is 2. The molecule has 2 aliphatic rings. The molecule has 0 aliphatic carbocycles. The molecule has 2 rings (SSSR count). The third-order valence-electron chi connectivity index (χ3n) is 4.57. The summed E-state index contributed by atoms with van der Waals surface area (Å²) in [5, 5.41) is 0. The number of hydrogen-bond acceptors (Lipinski definition) is 4. The van der Waals surface area contributed by atoms with Gasteiger partial charge in [-0.15, -0.1) is 0 Å². The van der Waals surface area contributed by atoms with Crippen molar-refractivity contribution in [1.82, 2.24) is 9.80 Å². The van der Waals surface area contributed by atoms with E-state index in [4.69, 9.17) is 9.47 Å². The van der Waals surface area contributed by atoms with Crippen LogP contribution in [0.5, 0.6) is 0 Å². The van der Waals surface area contributed by atoms with Gasteiger partial charge in [-0.3, -0.25) is 0 Å². The van der Waals surface area contributed by atoms with Crippen LogP contribution in [0.3, 0.4) is 0 Å². The molecule has 2 saturated heterocycles. The van der Waals surface area contributed by atoms with E-state index >= 15 is 0 Å². The van der Waals surface area contributed by atoms with Crippen LogP contribution in [0.25, 0.3) is 0 Å². The maximum atomic E-state index is 11.8. The molecule has 31 heavy (non-hydrogen) atoms. The molecule has 0 radical (unpaired) electrons. The molecule has 0 aromatic rings. The maximum Gasteiger partial charge on any atom is 0.410 e. The summed E-state index contributed by atoms with van der Waals surface area (Å²) in [4.78, 5) is 26.9. The SMILES string of the molecule is C.C.C=C1CCN(C(=O)OC(C)(C)C)C(C)C1.C=C1CCN(C(=O)OC(C)(C)C)CC1. The summed E-state index contributed by atoms with van der Waals surface area (Å²) in [7, 11) is 0. The molecular weight excluding hydrogens is 392 g/mol.